The zero-order valence-corrected chi connectivity index (χ0v) is 14.7. The van der Waals surface area contributed by atoms with Crippen molar-refractivity contribution in [2.45, 2.75) is 13.3 Å². The van der Waals surface area contributed by atoms with E-state index in [0.717, 1.165) is 16.5 Å². The summed E-state index contributed by atoms with van der Waals surface area (Å²) in [6, 6.07) is 14.8. The van der Waals surface area contributed by atoms with Gasteiger partial charge >= 0.3 is 5.63 Å². The molecule has 3 nitrogen and oxygen atoms in total. The van der Waals surface area contributed by atoms with E-state index in [2.05, 4.69) is 22.9 Å². The first-order valence-electron chi connectivity index (χ1n) is 7.61. The molecule has 3 rings (SSSR count). The van der Waals surface area contributed by atoms with Crippen LogP contribution in [0.3, 0.4) is 0 Å². The van der Waals surface area contributed by atoms with Crippen molar-refractivity contribution in [2.24, 2.45) is 0 Å². The summed E-state index contributed by atoms with van der Waals surface area (Å²) >= 11 is 3.37. The highest BCUT2D eigenvalue weighted by molar-refractivity contribution is 9.10. The van der Waals surface area contributed by atoms with E-state index in [4.69, 9.17) is 4.42 Å². The van der Waals surface area contributed by atoms with Crippen LogP contribution < -0.4 is 5.63 Å². The molecule has 0 amide bonds. The van der Waals surface area contributed by atoms with E-state index in [0.29, 0.717) is 11.0 Å². The number of carbonyl (C=O) groups is 1. The van der Waals surface area contributed by atoms with Crippen molar-refractivity contribution in [1.82, 2.24) is 0 Å². The van der Waals surface area contributed by atoms with E-state index in [-0.39, 0.29) is 11.3 Å². The molecular weight excluding hydrogens is 368 g/mol. The van der Waals surface area contributed by atoms with Crippen LogP contribution in [0.25, 0.3) is 17.0 Å². The molecule has 0 aliphatic rings. The minimum absolute atomic E-state index is 0.0297. The van der Waals surface area contributed by atoms with Crippen LogP contribution in [0, 0.1) is 0 Å². The molecule has 0 atom stereocenters. The number of aryl methyl sites for hydroxylation is 1. The second-order valence-electron chi connectivity index (χ2n) is 5.42. The number of hydrogen-bond donors (Lipinski definition) is 0. The molecule has 1 heterocycles. The fraction of sp³-hybridized carbons (Fsp3) is 0.100. The smallest absolute Gasteiger partial charge is 0.347 e. The van der Waals surface area contributed by atoms with Crippen LogP contribution in [0.5, 0.6) is 0 Å². The number of ketones is 1. The minimum Gasteiger partial charge on any atom is -0.422 e. The van der Waals surface area contributed by atoms with Gasteiger partial charge in [0.2, 0.25) is 0 Å². The maximum atomic E-state index is 12.3. The summed E-state index contributed by atoms with van der Waals surface area (Å²) in [5.74, 6) is -0.370. The zero-order valence-electron chi connectivity index (χ0n) is 13.1. The number of carbonyl (C=O) groups excluding carboxylic acids is 1. The van der Waals surface area contributed by atoms with E-state index in [9.17, 15) is 9.59 Å². The zero-order chi connectivity index (χ0) is 17.1. The summed E-state index contributed by atoms with van der Waals surface area (Å²) in [6.45, 7) is 2.09. The standard InChI is InChI=1S/C20H15BrO3/c1-2-13-3-5-14(6-4-13)7-9-18(22)17-12-15-11-16(21)8-10-19(15)24-20(17)23/h3-12H,2H2,1H3. The van der Waals surface area contributed by atoms with Crippen LogP contribution in [0.1, 0.15) is 28.4 Å². The third-order valence-electron chi connectivity index (χ3n) is 3.77. The fourth-order valence-corrected chi connectivity index (χ4v) is 2.77. The fourth-order valence-electron chi connectivity index (χ4n) is 2.39. The van der Waals surface area contributed by atoms with Crippen molar-refractivity contribution < 1.29 is 9.21 Å². The third kappa shape index (κ3) is 3.54. The van der Waals surface area contributed by atoms with E-state index in [1.165, 1.54) is 11.6 Å². The lowest BCUT2D eigenvalue weighted by molar-refractivity contribution is 0.104. The van der Waals surface area contributed by atoms with Gasteiger partial charge in [0.1, 0.15) is 11.1 Å². The first kappa shape index (κ1) is 16.4. The molecule has 0 N–H and O–H groups in total. The Kier molecular flexibility index (Phi) is 4.76. The number of allylic oxidation sites excluding steroid dienone is 1. The molecule has 0 fully saturated rings. The SMILES string of the molecule is CCc1ccc(C=CC(=O)c2cc3cc(Br)ccc3oc2=O)cc1. The molecule has 0 aliphatic heterocycles. The summed E-state index contributed by atoms with van der Waals surface area (Å²) in [4.78, 5) is 24.4. The van der Waals surface area contributed by atoms with Gasteiger partial charge in [0, 0.05) is 9.86 Å². The van der Waals surface area contributed by atoms with Gasteiger partial charge in [-0.1, -0.05) is 53.2 Å². The predicted molar refractivity (Wildman–Crippen MR) is 99.4 cm³/mol. The van der Waals surface area contributed by atoms with E-state index in [1.807, 2.05) is 30.3 Å². The lowest BCUT2D eigenvalue weighted by Crippen LogP contribution is -2.11. The molecule has 0 unspecified atom stereocenters. The highest BCUT2D eigenvalue weighted by Gasteiger charge is 2.11. The average molecular weight is 383 g/mol. The molecule has 2 aromatic carbocycles. The lowest BCUT2D eigenvalue weighted by Gasteiger charge is -2.00. The summed E-state index contributed by atoms with van der Waals surface area (Å²) < 4.78 is 6.08. The first-order chi connectivity index (χ1) is 11.6. The molecule has 120 valence electrons. The number of fused-ring (bicyclic) bond motifs is 1. The molecule has 1 aromatic heterocycles. The van der Waals surface area contributed by atoms with Crippen LogP contribution in [0.2, 0.25) is 0 Å². The van der Waals surface area contributed by atoms with Gasteiger partial charge in [-0.05, 0) is 47.9 Å². The number of halogens is 1. The van der Waals surface area contributed by atoms with Crippen molar-refractivity contribution in [3.05, 3.63) is 86.2 Å². The summed E-state index contributed by atoms with van der Waals surface area (Å²) in [6.07, 6.45) is 4.07. The molecule has 0 radical (unpaired) electrons. The monoisotopic (exact) mass is 382 g/mol. The van der Waals surface area contributed by atoms with Gasteiger partial charge in [-0.15, -0.1) is 0 Å². The van der Waals surface area contributed by atoms with Gasteiger partial charge < -0.3 is 4.42 Å². The van der Waals surface area contributed by atoms with Gasteiger partial charge in [-0.3, -0.25) is 4.79 Å². The van der Waals surface area contributed by atoms with E-state index < -0.39 is 5.63 Å². The van der Waals surface area contributed by atoms with Gasteiger partial charge in [0.05, 0.1) is 0 Å². The molecule has 0 saturated carbocycles. The Morgan fingerprint density at radius 1 is 1.12 bits per heavy atom. The highest BCUT2D eigenvalue weighted by atomic mass is 79.9. The Bertz CT molecular complexity index is 982. The van der Waals surface area contributed by atoms with Gasteiger partial charge in [-0.25, -0.2) is 4.79 Å². The summed E-state index contributed by atoms with van der Waals surface area (Å²) in [7, 11) is 0. The molecule has 0 saturated heterocycles. The molecule has 0 spiro atoms. The molecule has 24 heavy (non-hydrogen) atoms. The maximum absolute atomic E-state index is 12.3. The topological polar surface area (TPSA) is 47.3 Å². The molecule has 0 aliphatic carbocycles. The van der Waals surface area contributed by atoms with Gasteiger partial charge in [-0.2, -0.15) is 0 Å². The molecule has 3 aromatic rings. The van der Waals surface area contributed by atoms with Crippen LogP contribution in [0.4, 0.5) is 0 Å². The van der Waals surface area contributed by atoms with E-state index >= 15 is 0 Å². The van der Waals surface area contributed by atoms with Crippen molar-refractivity contribution in [2.75, 3.05) is 0 Å². The lowest BCUT2D eigenvalue weighted by atomic mass is 10.1. The van der Waals surface area contributed by atoms with Crippen molar-refractivity contribution >= 4 is 38.8 Å². The largest absolute Gasteiger partial charge is 0.422 e. The maximum Gasteiger partial charge on any atom is 0.347 e. The summed E-state index contributed by atoms with van der Waals surface area (Å²) in [5, 5.41) is 0.702. The van der Waals surface area contributed by atoms with Crippen LogP contribution in [-0.4, -0.2) is 5.78 Å². The number of benzene rings is 2. The first-order valence-corrected chi connectivity index (χ1v) is 8.41. The minimum atomic E-state index is -0.624. The molecule has 4 heteroatoms. The second kappa shape index (κ2) is 6.97. The average Bonchev–Trinajstić information content (AvgIpc) is 2.60. The highest BCUT2D eigenvalue weighted by Crippen LogP contribution is 2.19. The number of hydrogen-bond acceptors (Lipinski definition) is 3. The second-order valence-corrected chi connectivity index (χ2v) is 6.34. The Morgan fingerprint density at radius 2 is 1.88 bits per heavy atom. The van der Waals surface area contributed by atoms with Crippen LogP contribution in [-0.2, 0) is 6.42 Å². The number of rotatable bonds is 4. The normalized spacial score (nSPS) is 11.2. The van der Waals surface area contributed by atoms with Crippen molar-refractivity contribution in [3.63, 3.8) is 0 Å². The van der Waals surface area contributed by atoms with Crippen molar-refractivity contribution in [3.8, 4) is 0 Å². The Balaban J connectivity index is 1.91. The van der Waals surface area contributed by atoms with Gasteiger partial charge in [0.15, 0.2) is 5.78 Å². The quantitative estimate of drug-likeness (QED) is 0.361. The Morgan fingerprint density at radius 3 is 2.58 bits per heavy atom. The Labute approximate surface area is 147 Å². The van der Waals surface area contributed by atoms with Crippen LogP contribution >= 0.6 is 15.9 Å². The van der Waals surface area contributed by atoms with Crippen molar-refractivity contribution in [1.29, 1.82) is 0 Å². The Hall–Kier alpha value is -2.46. The predicted octanol–water partition coefficient (Wildman–Crippen LogP) is 5.01. The van der Waals surface area contributed by atoms with E-state index in [1.54, 1.807) is 24.3 Å². The summed E-state index contributed by atoms with van der Waals surface area (Å²) in [5.41, 5.74) is 2.01. The van der Waals surface area contributed by atoms with Gasteiger partial charge in [0.25, 0.3) is 0 Å². The third-order valence-corrected chi connectivity index (χ3v) is 4.27. The van der Waals surface area contributed by atoms with Crippen LogP contribution in [0.15, 0.2) is 68.3 Å². The molecular formula is C20H15BrO3. The molecule has 0 bridgehead atoms.